The number of thiophene rings is 1. The fourth-order valence-corrected chi connectivity index (χ4v) is 3.52. The Morgan fingerprint density at radius 3 is 2.22 bits per heavy atom. The van der Waals surface area contributed by atoms with Crippen LogP contribution in [0.2, 0.25) is 0 Å². The maximum Gasteiger partial charge on any atom is 0.261 e. The Morgan fingerprint density at radius 1 is 0.875 bits per heavy atom. The minimum atomic E-state index is -0.242. The lowest BCUT2D eigenvalue weighted by molar-refractivity contribution is -0.116. The highest BCUT2D eigenvalue weighted by Gasteiger charge is 2.09. The molecule has 3 amide bonds. The Balaban J connectivity index is 1.40. The second-order valence-electron chi connectivity index (χ2n) is 6.87. The summed E-state index contributed by atoms with van der Waals surface area (Å²) in [6, 6.07) is 17.4. The first-order valence-corrected chi connectivity index (χ1v) is 11.2. The molecule has 0 aliphatic rings. The molecule has 3 rings (SSSR count). The average molecular weight is 452 g/mol. The predicted octanol–water partition coefficient (Wildman–Crippen LogP) is 4.55. The fourth-order valence-electron chi connectivity index (χ4n) is 2.88. The van der Waals surface area contributed by atoms with E-state index >= 15 is 0 Å². The number of nitrogens with one attached hydrogen (secondary N) is 3. The minimum absolute atomic E-state index is 0.125. The molecule has 8 heteroatoms. The van der Waals surface area contributed by atoms with E-state index < -0.39 is 0 Å². The average Bonchev–Trinajstić information content (AvgIpc) is 3.34. The molecule has 0 spiro atoms. The van der Waals surface area contributed by atoms with Crippen molar-refractivity contribution in [3.63, 3.8) is 0 Å². The molecule has 2 aromatic carbocycles. The number of carbonyl (C=O) groups is 3. The smallest absolute Gasteiger partial charge is 0.261 e. The molecule has 0 atom stereocenters. The summed E-state index contributed by atoms with van der Waals surface area (Å²) >= 11 is 1.38. The molecule has 1 heterocycles. The molecule has 3 aromatic rings. The van der Waals surface area contributed by atoms with Gasteiger partial charge in [-0.2, -0.15) is 0 Å². The molecule has 32 heavy (non-hydrogen) atoms. The molecular formula is C24H25N3O4S. The van der Waals surface area contributed by atoms with Crippen LogP contribution >= 0.6 is 11.3 Å². The van der Waals surface area contributed by atoms with Gasteiger partial charge in [0.2, 0.25) is 5.91 Å². The van der Waals surface area contributed by atoms with Crippen LogP contribution in [0.4, 0.5) is 11.4 Å². The highest BCUT2D eigenvalue weighted by molar-refractivity contribution is 7.12. The second kappa shape index (κ2) is 11.7. The first-order chi connectivity index (χ1) is 15.5. The van der Waals surface area contributed by atoms with Crippen molar-refractivity contribution in [3.8, 4) is 5.75 Å². The molecule has 0 saturated heterocycles. The highest BCUT2D eigenvalue weighted by atomic mass is 32.1. The van der Waals surface area contributed by atoms with Crippen molar-refractivity contribution in [1.82, 2.24) is 5.32 Å². The lowest BCUT2D eigenvalue weighted by Crippen LogP contribution is -2.24. The third-order valence-electron chi connectivity index (χ3n) is 4.47. The van der Waals surface area contributed by atoms with Crippen LogP contribution in [0.15, 0.2) is 66.0 Å². The van der Waals surface area contributed by atoms with Gasteiger partial charge in [-0.15, -0.1) is 11.3 Å². The molecule has 0 aliphatic carbocycles. The second-order valence-corrected chi connectivity index (χ2v) is 7.82. The maximum atomic E-state index is 12.4. The topological polar surface area (TPSA) is 96.5 Å². The summed E-state index contributed by atoms with van der Waals surface area (Å²) in [5, 5.41) is 10.3. The van der Waals surface area contributed by atoms with E-state index in [2.05, 4.69) is 16.0 Å². The highest BCUT2D eigenvalue weighted by Crippen LogP contribution is 2.17. The van der Waals surface area contributed by atoms with E-state index in [1.54, 1.807) is 54.6 Å². The third kappa shape index (κ3) is 6.95. The maximum absolute atomic E-state index is 12.4. The van der Waals surface area contributed by atoms with Gasteiger partial charge in [0, 0.05) is 29.9 Å². The first kappa shape index (κ1) is 23.0. The standard InChI is InChI=1S/C24H25N3O4S/c1-2-31-20-13-11-19(12-14-20)27-23(29)17-7-9-18(10-8-17)26-22(28)6-3-15-25-24(30)21-5-4-16-32-21/h4-5,7-14,16H,2-3,6,15H2,1H3,(H,25,30)(H,26,28)(H,27,29). The summed E-state index contributed by atoms with van der Waals surface area (Å²) in [6.45, 7) is 2.92. The van der Waals surface area contributed by atoms with Crippen molar-refractivity contribution >= 4 is 40.4 Å². The molecular weight excluding hydrogens is 426 g/mol. The largest absolute Gasteiger partial charge is 0.494 e. The Bertz CT molecular complexity index is 1030. The number of ether oxygens (including phenoxy) is 1. The van der Waals surface area contributed by atoms with Crippen molar-refractivity contribution < 1.29 is 19.1 Å². The van der Waals surface area contributed by atoms with Gasteiger partial charge in [-0.1, -0.05) is 6.07 Å². The third-order valence-corrected chi connectivity index (χ3v) is 5.33. The van der Waals surface area contributed by atoms with Gasteiger partial charge in [0.1, 0.15) is 5.75 Å². The summed E-state index contributed by atoms with van der Waals surface area (Å²) in [7, 11) is 0. The fraction of sp³-hybridized carbons (Fsp3) is 0.208. The molecule has 0 radical (unpaired) electrons. The van der Waals surface area contributed by atoms with Gasteiger partial charge in [0.05, 0.1) is 11.5 Å². The van der Waals surface area contributed by atoms with Gasteiger partial charge < -0.3 is 20.7 Å². The van der Waals surface area contributed by atoms with Crippen LogP contribution in [0.1, 0.15) is 39.8 Å². The zero-order chi connectivity index (χ0) is 22.8. The number of benzene rings is 2. The zero-order valence-electron chi connectivity index (χ0n) is 17.7. The van der Waals surface area contributed by atoms with Gasteiger partial charge in [-0.3, -0.25) is 14.4 Å². The lowest BCUT2D eigenvalue weighted by atomic mass is 10.2. The zero-order valence-corrected chi connectivity index (χ0v) is 18.5. The molecule has 0 bridgehead atoms. The molecule has 0 fully saturated rings. The first-order valence-electron chi connectivity index (χ1n) is 10.3. The Labute approximate surface area is 190 Å². The Hall–Kier alpha value is -3.65. The van der Waals surface area contributed by atoms with Gasteiger partial charge in [0.15, 0.2) is 0 Å². The SMILES string of the molecule is CCOc1ccc(NC(=O)c2ccc(NC(=O)CCCNC(=O)c3cccs3)cc2)cc1. The predicted molar refractivity (Wildman–Crippen MR) is 127 cm³/mol. The molecule has 1 aromatic heterocycles. The van der Waals surface area contributed by atoms with E-state index in [0.29, 0.717) is 41.4 Å². The Kier molecular flexibility index (Phi) is 8.39. The van der Waals surface area contributed by atoms with Crippen molar-refractivity contribution in [2.45, 2.75) is 19.8 Å². The summed E-state index contributed by atoms with van der Waals surface area (Å²) in [4.78, 5) is 37.0. The Morgan fingerprint density at radius 2 is 1.56 bits per heavy atom. The van der Waals surface area contributed by atoms with Crippen LogP contribution in [-0.2, 0) is 4.79 Å². The number of anilines is 2. The molecule has 7 nitrogen and oxygen atoms in total. The van der Waals surface area contributed by atoms with Crippen LogP contribution < -0.4 is 20.7 Å². The van der Waals surface area contributed by atoms with Gasteiger partial charge in [-0.05, 0) is 73.3 Å². The van der Waals surface area contributed by atoms with Crippen molar-refractivity contribution in [2.24, 2.45) is 0 Å². The van der Waals surface area contributed by atoms with Crippen LogP contribution in [-0.4, -0.2) is 30.9 Å². The number of carbonyl (C=O) groups excluding carboxylic acids is 3. The van der Waals surface area contributed by atoms with E-state index in [0.717, 1.165) is 5.75 Å². The van der Waals surface area contributed by atoms with Crippen LogP contribution in [0.25, 0.3) is 0 Å². The van der Waals surface area contributed by atoms with Crippen LogP contribution in [0, 0.1) is 0 Å². The summed E-state index contributed by atoms with van der Waals surface area (Å²) in [5.41, 5.74) is 1.76. The van der Waals surface area contributed by atoms with E-state index in [-0.39, 0.29) is 24.1 Å². The molecule has 0 unspecified atom stereocenters. The van der Waals surface area contributed by atoms with Crippen molar-refractivity contribution in [3.05, 3.63) is 76.5 Å². The van der Waals surface area contributed by atoms with Crippen LogP contribution in [0.3, 0.4) is 0 Å². The van der Waals surface area contributed by atoms with Gasteiger partial charge in [0.25, 0.3) is 11.8 Å². The van der Waals surface area contributed by atoms with E-state index in [1.807, 2.05) is 18.4 Å². The van der Waals surface area contributed by atoms with E-state index in [9.17, 15) is 14.4 Å². The van der Waals surface area contributed by atoms with Gasteiger partial charge >= 0.3 is 0 Å². The van der Waals surface area contributed by atoms with Gasteiger partial charge in [-0.25, -0.2) is 0 Å². The molecule has 0 saturated carbocycles. The van der Waals surface area contributed by atoms with E-state index in [1.165, 1.54) is 11.3 Å². The van der Waals surface area contributed by atoms with Crippen molar-refractivity contribution in [2.75, 3.05) is 23.8 Å². The molecule has 0 aliphatic heterocycles. The van der Waals surface area contributed by atoms with E-state index in [4.69, 9.17) is 4.74 Å². The summed E-state index contributed by atoms with van der Waals surface area (Å²) in [5.74, 6) is 0.227. The summed E-state index contributed by atoms with van der Waals surface area (Å²) in [6.07, 6.45) is 0.816. The number of rotatable bonds is 10. The van der Waals surface area contributed by atoms with Crippen LogP contribution in [0.5, 0.6) is 5.75 Å². The lowest BCUT2D eigenvalue weighted by Gasteiger charge is -2.09. The van der Waals surface area contributed by atoms with Crippen molar-refractivity contribution in [1.29, 1.82) is 0 Å². The summed E-state index contributed by atoms with van der Waals surface area (Å²) < 4.78 is 5.39. The molecule has 166 valence electrons. The molecule has 3 N–H and O–H groups in total. The number of hydrogen-bond acceptors (Lipinski definition) is 5. The minimum Gasteiger partial charge on any atom is -0.494 e. The quantitative estimate of drug-likeness (QED) is 0.394. The number of hydrogen-bond donors (Lipinski definition) is 3. The number of amides is 3. The monoisotopic (exact) mass is 451 g/mol. The normalized spacial score (nSPS) is 10.3.